The van der Waals surface area contributed by atoms with Gasteiger partial charge in [0.15, 0.2) is 6.29 Å². The largest absolute Gasteiger partial charge is 0.480 e. The third kappa shape index (κ3) is 12.6. The molecule has 0 amide bonds. The Morgan fingerprint density at radius 3 is 2.22 bits per heavy atom. The van der Waals surface area contributed by atoms with Gasteiger partial charge >= 0.3 is 12.1 Å². The van der Waals surface area contributed by atoms with Crippen LogP contribution in [0.25, 0.3) is 0 Å². The van der Waals surface area contributed by atoms with Crippen LogP contribution in [0.2, 0.25) is 10.0 Å². The number of rotatable bonds is 7. The van der Waals surface area contributed by atoms with Gasteiger partial charge in [0, 0.05) is 17.1 Å². The van der Waals surface area contributed by atoms with Gasteiger partial charge in [-0.25, -0.2) is 0 Å². The second-order valence-electron chi connectivity index (χ2n) is 6.42. The van der Waals surface area contributed by atoms with Crippen molar-refractivity contribution in [2.75, 3.05) is 6.54 Å². The monoisotopic (exact) mass is 495 g/mol. The van der Waals surface area contributed by atoms with E-state index in [0.29, 0.717) is 40.4 Å². The highest BCUT2D eigenvalue weighted by atomic mass is 35.5. The topological polar surface area (TPSA) is 132 Å². The van der Waals surface area contributed by atoms with Crippen LogP contribution in [0.4, 0.5) is 13.2 Å². The predicted molar refractivity (Wildman–Crippen MR) is 120 cm³/mol. The van der Waals surface area contributed by atoms with E-state index in [1.54, 1.807) is 18.2 Å². The van der Waals surface area contributed by atoms with Crippen molar-refractivity contribution in [3.05, 3.63) is 69.2 Å². The van der Waals surface area contributed by atoms with Gasteiger partial charge in [-0.3, -0.25) is 9.59 Å². The summed E-state index contributed by atoms with van der Waals surface area (Å²) in [6.07, 6.45) is -1.42. The number of unbranched alkanes of at least 4 members (excludes halogenated alkanes) is 1. The highest BCUT2D eigenvalue weighted by Crippen LogP contribution is 2.29. The molecule has 0 saturated heterocycles. The van der Waals surface area contributed by atoms with Gasteiger partial charge in [-0.1, -0.05) is 47.8 Å². The second-order valence-corrected chi connectivity index (χ2v) is 7.26. The Kier molecular flexibility index (Phi) is 14.5. The first-order valence-electron chi connectivity index (χ1n) is 9.41. The van der Waals surface area contributed by atoms with Crippen LogP contribution in [-0.4, -0.2) is 29.9 Å². The zero-order valence-corrected chi connectivity index (χ0v) is 18.6. The summed E-state index contributed by atoms with van der Waals surface area (Å²) in [7, 11) is 0. The molecule has 7 N–H and O–H groups in total. The van der Waals surface area contributed by atoms with Gasteiger partial charge in [0.1, 0.15) is 6.04 Å². The Bertz CT molecular complexity index is 853. The fraction of sp³-hybridized carbons (Fsp3) is 0.333. The minimum Gasteiger partial charge on any atom is -0.480 e. The molecular weight excluding hydrogens is 470 g/mol. The molecule has 0 saturated carbocycles. The SMILES string of the molecule is NCCCC[C@H](N)C(=O)O.NCc1cccc(C(F)(F)F)c1.O=Cc1ccc(Cl)cc1Cl. The van der Waals surface area contributed by atoms with E-state index < -0.39 is 23.8 Å². The van der Waals surface area contributed by atoms with E-state index in [4.69, 9.17) is 45.5 Å². The fourth-order valence-corrected chi connectivity index (χ4v) is 2.56. The van der Waals surface area contributed by atoms with Crippen molar-refractivity contribution in [1.82, 2.24) is 0 Å². The Labute approximate surface area is 194 Å². The summed E-state index contributed by atoms with van der Waals surface area (Å²) in [5, 5.41) is 9.25. The van der Waals surface area contributed by atoms with Gasteiger partial charge in [0.05, 0.1) is 10.6 Å². The first-order chi connectivity index (χ1) is 15.0. The lowest BCUT2D eigenvalue weighted by atomic mass is 10.1. The van der Waals surface area contributed by atoms with E-state index in [1.165, 1.54) is 12.1 Å². The number of carboxylic acid groups (broad SMARTS) is 1. The minimum atomic E-state index is -4.27. The number of halogens is 5. The molecule has 1 atom stereocenters. The number of aldehydes is 1. The van der Waals surface area contributed by atoms with Crippen LogP contribution in [0.1, 0.15) is 40.7 Å². The van der Waals surface area contributed by atoms with E-state index in [-0.39, 0.29) is 6.54 Å². The summed E-state index contributed by atoms with van der Waals surface area (Å²) in [4.78, 5) is 20.3. The van der Waals surface area contributed by atoms with Crippen LogP contribution in [0, 0.1) is 0 Å². The van der Waals surface area contributed by atoms with Crippen molar-refractivity contribution in [1.29, 1.82) is 0 Å². The summed E-state index contributed by atoms with van der Waals surface area (Å²) in [6.45, 7) is 0.732. The van der Waals surface area contributed by atoms with Crippen molar-refractivity contribution in [2.24, 2.45) is 17.2 Å². The molecule has 0 bridgehead atoms. The molecule has 2 rings (SSSR count). The van der Waals surface area contributed by atoms with Gasteiger partial charge in [-0.05, 0) is 49.2 Å². The van der Waals surface area contributed by atoms with Gasteiger partial charge < -0.3 is 22.3 Å². The van der Waals surface area contributed by atoms with Gasteiger partial charge in [-0.15, -0.1) is 0 Å². The van der Waals surface area contributed by atoms with Crippen LogP contribution in [0.15, 0.2) is 42.5 Å². The van der Waals surface area contributed by atoms with Crippen LogP contribution in [-0.2, 0) is 17.5 Å². The molecule has 0 aliphatic carbocycles. The molecular formula is C21H26Cl2F3N3O3. The van der Waals surface area contributed by atoms with Crippen LogP contribution in [0.3, 0.4) is 0 Å². The number of carbonyl (C=O) groups is 2. The van der Waals surface area contributed by atoms with Crippen LogP contribution < -0.4 is 17.2 Å². The van der Waals surface area contributed by atoms with Crippen molar-refractivity contribution in [3.8, 4) is 0 Å². The number of aliphatic carboxylic acids is 1. The highest BCUT2D eigenvalue weighted by Gasteiger charge is 2.30. The molecule has 11 heteroatoms. The Hall–Kier alpha value is -2.17. The molecule has 0 aromatic heterocycles. The van der Waals surface area contributed by atoms with E-state index in [2.05, 4.69) is 0 Å². The quantitative estimate of drug-likeness (QED) is 0.330. The number of alkyl halides is 3. The summed E-state index contributed by atoms with van der Waals surface area (Å²) in [5.74, 6) is -0.933. The molecule has 32 heavy (non-hydrogen) atoms. The molecule has 6 nitrogen and oxygen atoms in total. The molecule has 0 heterocycles. The first kappa shape index (κ1) is 29.8. The molecule has 2 aromatic carbocycles. The second kappa shape index (κ2) is 15.6. The lowest BCUT2D eigenvalue weighted by molar-refractivity contribution is -0.139. The number of carboxylic acids is 1. The summed E-state index contributed by atoms with van der Waals surface area (Å²) in [6, 6.07) is 9.02. The summed E-state index contributed by atoms with van der Waals surface area (Å²) in [5.41, 5.74) is 15.9. The Balaban J connectivity index is 0.000000454. The maximum atomic E-state index is 12.1. The first-order valence-corrected chi connectivity index (χ1v) is 10.2. The van der Waals surface area contributed by atoms with E-state index in [9.17, 15) is 22.8 Å². The number of hydrogen-bond acceptors (Lipinski definition) is 5. The van der Waals surface area contributed by atoms with E-state index in [1.807, 2.05) is 0 Å². The number of carbonyl (C=O) groups excluding carboxylic acids is 1. The average Bonchev–Trinajstić information content (AvgIpc) is 2.74. The Morgan fingerprint density at radius 1 is 1.09 bits per heavy atom. The molecule has 0 aliphatic heterocycles. The van der Waals surface area contributed by atoms with Crippen molar-refractivity contribution in [3.63, 3.8) is 0 Å². The third-order valence-corrected chi connectivity index (χ3v) is 4.43. The minimum absolute atomic E-state index is 0.129. The van der Waals surface area contributed by atoms with Gasteiger partial charge in [0.2, 0.25) is 0 Å². The highest BCUT2D eigenvalue weighted by molar-refractivity contribution is 6.36. The predicted octanol–water partition coefficient (Wildman–Crippen LogP) is 4.50. The van der Waals surface area contributed by atoms with Crippen LogP contribution in [0.5, 0.6) is 0 Å². The third-order valence-electron chi connectivity index (χ3n) is 3.87. The normalized spacial score (nSPS) is 11.4. The van der Waals surface area contributed by atoms with Crippen molar-refractivity contribution >= 4 is 35.5 Å². The zero-order chi connectivity index (χ0) is 24.7. The van der Waals surface area contributed by atoms with Gasteiger partial charge in [-0.2, -0.15) is 13.2 Å². The molecule has 2 aromatic rings. The summed E-state index contributed by atoms with van der Waals surface area (Å²) >= 11 is 11.2. The maximum Gasteiger partial charge on any atom is 0.416 e. The lowest BCUT2D eigenvalue weighted by Crippen LogP contribution is -2.29. The van der Waals surface area contributed by atoms with Crippen molar-refractivity contribution in [2.45, 2.75) is 38.0 Å². The molecule has 0 radical (unpaired) electrons. The van der Waals surface area contributed by atoms with E-state index >= 15 is 0 Å². The van der Waals surface area contributed by atoms with Gasteiger partial charge in [0.25, 0.3) is 0 Å². The number of hydrogen-bond donors (Lipinski definition) is 4. The average molecular weight is 496 g/mol. The molecule has 178 valence electrons. The maximum absolute atomic E-state index is 12.1. The van der Waals surface area contributed by atoms with Crippen molar-refractivity contribution < 1.29 is 27.9 Å². The number of benzene rings is 2. The zero-order valence-electron chi connectivity index (χ0n) is 17.1. The standard InChI is InChI=1S/C8H8F3N.C7H4Cl2O.C6H14N2O2/c9-8(10,11)7-3-1-2-6(4-7)5-12;8-6-2-1-5(4-10)7(9)3-6;7-4-2-1-3-5(8)6(9)10/h1-4H,5,12H2;1-4H;5H,1-4,7-8H2,(H,9,10)/t;;5-/m..0/s1. The molecule has 0 fully saturated rings. The Morgan fingerprint density at radius 2 is 1.75 bits per heavy atom. The fourth-order valence-electron chi connectivity index (χ4n) is 2.10. The summed E-state index contributed by atoms with van der Waals surface area (Å²) < 4.78 is 36.2. The number of nitrogens with two attached hydrogens (primary N) is 3. The lowest BCUT2D eigenvalue weighted by Gasteiger charge is -2.06. The molecule has 0 spiro atoms. The smallest absolute Gasteiger partial charge is 0.416 e. The van der Waals surface area contributed by atoms with Crippen LogP contribution >= 0.6 is 23.2 Å². The van der Waals surface area contributed by atoms with E-state index in [0.717, 1.165) is 25.0 Å². The molecule has 0 aliphatic rings. The molecule has 0 unspecified atom stereocenters.